The molecule has 4 aromatic rings. The third-order valence-corrected chi connectivity index (χ3v) is 6.39. The summed E-state index contributed by atoms with van der Waals surface area (Å²) in [6.07, 6.45) is 4.17. The van der Waals surface area contributed by atoms with Gasteiger partial charge in [0, 0.05) is 34.1 Å². The van der Waals surface area contributed by atoms with Gasteiger partial charge in [0.1, 0.15) is 5.75 Å². The molecule has 0 aliphatic heterocycles. The Bertz CT molecular complexity index is 1390. The maximum absolute atomic E-state index is 13.3. The fraction of sp³-hybridized carbons (Fsp3) is 0.379. The van der Waals surface area contributed by atoms with Crippen LogP contribution in [0.2, 0.25) is 0 Å². The van der Waals surface area contributed by atoms with Gasteiger partial charge >= 0.3 is 0 Å². The minimum absolute atomic E-state index is 0. The molecule has 0 spiro atoms. The van der Waals surface area contributed by atoms with Gasteiger partial charge in [-0.1, -0.05) is 27.7 Å². The van der Waals surface area contributed by atoms with Crippen molar-refractivity contribution in [3.05, 3.63) is 69.3 Å². The number of hydrogen-bond acceptors (Lipinski definition) is 5. The van der Waals surface area contributed by atoms with E-state index in [2.05, 4.69) is 18.0 Å². The molecule has 0 radical (unpaired) electrons. The number of ether oxygens (including phenoxy) is 3. The molecule has 6 heteroatoms. The summed E-state index contributed by atoms with van der Waals surface area (Å²) in [5.41, 5.74) is 4.53. The number of aromatic amines is 1. The Morgan fingerprint density at radius 1 is 0.914 bits per heavy atom. The molecule has 6 nitrogen and oxygen atoms in total. The van der Waals surface area contributed by atoms with Crippen molar-refractivity contribution in [2.24, 2.45) is 0 Å². The lowest BCUT2D eigenvalue weighted by Crippen LogP contribution is -2.17. The van der Waals surface area contributed by atoms with Gasteiger partial charge in [0.25, 0.3) is 5.56 Å². The molecule has 2 heterocycles. The minimum atomic E-state index is -0.0799. The molecule has 0 fully saturated rings. The van der Waals surface area contributed by atoms with E-state index in [-0.39, 0.29) is 13.0 Å². The minimum Gasteiger partial charge on any atom is -0.497 e. The number of nitrogens with one attached hydrogen (secondary N) is 1. The van der Waals surface area contributed by atoms with Crippen molar-refractivity contribution in [3.63, 3.8) is 0 Å². The van der Waals surface area contributed by atoms with E-state index in [0.29, 0.717) is 29.9 Å². The van der Waals surface area contributed by atoms with Gasteiger partial charge in [0.2, 0.25) is 0 Å². The predicted molar refractivity (Wildman–Crippen MR) is 143 cm³/mol. The van der Waals surface area contributed by atoms with Crippen LogP contribution in [0.4, 0.5) is 0 Å². The Morgan fingerprint density at radius 3 is 2.26 bits per heavy atom. The van der Waals surface area contributed by atoms with Crippen LogP contribution in [0, 0.1) is 0 Å². The number of nitrogens with zero attached hydrogens (tertiary/aromatic N) is 1. The molecule has 0 bridgehead atoms. The smallest absolute Gasteiger partial charge is 0.252 e. The molecule has 0 saturated heterocycles. The summed E-state index contributed by atoms with van der Waals surface area (Å²) < 4.78 is 16.5. The lowest BCUT2D eigenvalue weighted by molar-refractivity contribution is 0.356. The van der Waals surface area contributed by atoms with E-state index in [9.17, 15) is 4.79 Å². The van der Waals surface area contributed by atoms with Crippen LogP contribution in [0.3, 0.4) is 0 Å². The summed E-state index contributed by atoms with van der Waals surface area (Å²) in [5, 5.41) is 2.85. The lowest BCUT2D eigenvalue weighted by Gasteiger charge is -2.16. The van der Waals surface area contributed by atoms with Gasteiger partial charge in [0.15, 0.2) is 11.5 Å². The first-order valence-electron chi connectivity index (χ1n) is 11.8. The monoisotopic (exact) mass is 476 g/mol. The van der Waals surface area contributed by atoms with Crippen LogP contribution < -0.4 is 19.8 Å². The molecule has 35 heavy (non-hydrogen) atoms. The largest absolute Gasteiger partial charge is 0.497 e. The molecule has 2 aromatic heterocycles. The van der Waals surface area contributed by atoms with E-state index in [1.165, 1.54) is 0 Å². The number of fused-ring (bicyclic) bond motifs is 2. The first-order chi connectivity index (χ1) is 16.5. The van der Waals surface area contributed by atoms with Gasteiger partial charge in [-0.25, -0.2) is 0 Å². The Balaban J connectivity index is 0.00000342. The standard InChI is InChI=1S/C28H32N2O4.CH4/c1-6-8-9-24-18(12-17-13-19(32-3)10-11-25(17)29-24)14-22-20-15-26(33-4)27(34-5)16-21(20)23(7-2)30-28(22)31;/h10-13,15-16H,6-9,14H2,1-5H3,(H,30,31);1H4. The van der Waals surface area contributed by atoms with Crippen LogP contribution in [0.5, 0.6) is 17.2 Å². The van der Waals surface area contributed by atoms with Crippen LogP contribution in [0.25, 0.3) is 21.7 Å². The molecule has 2 aromatic carbocycles. The number of methoxy groups -OCH3 is 3. The average molecular weight is 477 g/mol. The summed E-state index contributed by atoms with van der Waals surface area (Å²) in [6, 6.07) is 11.9. The van der Waals surface area contributed by atoms with Gasteiger partial charge in [-0.15, -0.1) is 0 Å². The summed E-state index contributed by atoms with van der Waals surface area (Å²) in [6.45, 7) is 4.21. The van der Waals surface area contributed by atoms with Gasteiger partial charge in [0.05, 0.1) is 26.8 Å². The number of H-pyrrole nitrogens is 1. The van der Waals surface area contributed by atoms with Crippen molar-refractivity contribution in [1.82, 2.24) is 9.97 Å². The van der Waals surface area contributed by atoms with Gasteiger partial charge in [-0.05, 0) is 66.6 Å². The van der Waals surface area contributed by atoms with E-state index in [0.717, 1.165) is 63.6 Å². The zero-order chi connectivity index (χ0) is 24.2. The SMILES string of the molecule is C.CCCCc1nc2ccc(OC)cc2cc1Cc1c(=O)[nH]c(CC)c2cc(OC)c(OC)cc12. The van der Waals surface area contributed by atoms with E-state index < -0.39 is 0 Å². The summed E-state index contributed by atoms with van der Waals surface area (Å²) in [7, 11) is 4.89. The van der Waals surface area contributed by atoms with Crippen molar-refractivity contribution in [3.8, 4) is 17.2 Å². The Hall–Kier alpha value is -3.54. The third kappa shape index (κ3) is 5.11. The molecule has 0 aliphatic carbocycles. The van der Waals surface area contributed by atoms with Gasteiger partial charge in [-0.2, -0.15) is 0 Å². The number of unbranched alkanes of at least 4 members (excludes halogenated alkanes) is 1. The maximum atomic E-state index is 13.3. The van der Waals surface area contributed by atoms with E-state index in [1.54, 1.807) is 21.3 Å². The topological polar surface area (TPSA) is 73.4 Å². The fourth-order valence-electron chi connectivity index (χ4n) is 4.50. The fourth-order valence-corrected chi connectivity index (χ4v) is 4.50. The van der Waals surface area contributed by atoms with Crippen molar-refractivity contribution in [2.75, 3.05) is 21.3 Å². The van der Waals surface area contributed by atoms with E-state index >= 15 is 0 Å². The van der Waals surface area contributed by atoms with Crippen molar-refractivity contribution in [1.29, 1.82) is 0 Å². The van der Waals surface area contributed by atoms with Crippen LogP contribution in [-0.2, 0) is 19.3 Å². The zero-order valence-electron chi connectivity index (χ0n) is 20.6. The zero-order valence-corrected chi connectivity index (χ0v) is 20.6. The highest BCUT2D eigenvalue weighted by Gasteiger charge is 2.17. The molecule has 186 valence electrons. The molecule has 1 N–H and O–H groups in total. The van der Waals surface area contributed by atoms with Crippen LogP contribution in [-0.4, -0.2) is 31.3 Å². The van der Waals surface area contributed by atoms with Crippen LogP contribution in [0.15, 0.2) is 41.2 Å². The van der Waals surface area contributed by atoms with E-state index in [4.69, 9.17) is 19.2 Å². The van der Waals surface area contributed by atoms with Crippen LogP contribution >= 0.6 is 0 Å². The number of pyridine rings is 2. The maximum Gasteiger partial charge on any atom is 0.252 e. The highest BCUT2D eigenvalue weighted by Crippen LogP contribution is 2.35. The third-order valence-electron chi connectivity index (χ3n) is 6.39. The Labute approximate surface area is 207 Å². The second-order valence-corrected chi connectivity index (χ2v) is 8.45. The summed E-state index contributed by atoms with van der Waals surface area (Å²) >= 11 is 0. The average Bonchev–Trinajstić information content (AvgIpc) is 2.87. The van der Waals surface area contributed by atoms with Crippen molar-refractivity contribution < 1.29 is 14.2 Å². The second kappa shape index (κ2) is 11.3. The number of rotatable bonds is 9. The Kier molecular flexibility index (Phi) is 8.39. The number of aryl methyl sites for hydroxylation is 2. The normalized spacial score (nSPS) is 10.9. The molecule has 0 unspecified atom stereocenters. The molecule has 0 aliphatic rings. The molecular weight excluding hydrogens is 440 g/mol. The Morgan fingerprint density at radius 2 is 1.63 bits per heavy atom. The molecule has 4 rings (SSSR count). The highest BCUT2D eigenvalue weighted by molar-refractivity contribution is 5.91. The predicted octanol–water partition coefficient (Wildman–Crippen LogP) is 6.23. The quantitative estimate of drug-likeness (QED) is 0.310. The lowest BCUT2D eigenvalue weighted by atomic mass is 9.95. The van der Waals surface area contributed by atoms with Crippen LogP contribution in [0.1, 0.15) is 56.6 Å². The molecule has 0 amide bonds. The number of benzene rings is 2. The molecule has 0 saturated carbocycles. The first-order valence-corrected chi connectivity index (χ1v) is 11.8. The van der Waals surface area contributed by atoms with E-state index in [1.807, 2.05) is 37.3 Å². The molecular formula is C29H36N2O4. The summed E-state index contributed by atoms with van der Waals surface area (Å²) in [5.74, 6) is 2.04. The van der Waals surface area contributed by atoms with Crippen molar-refractivity contribution >= 4 is 21.7 Å². The number of aromatic nitrogens is 2. The van der Waals surface area contributed by atoms with Gasteiger partial charge < -0.3 is 19.2 Å². The molecule has 0 atom stereocenters. The van der Waals surface area contributed by atoms with Gasteiger partial charge in [-0.3, -0.25) is 9.78 Å². The van der Waals surface area contributed by atoms with Crippen molar-refractivity contribution in [2.45, 2.75) is 53.4 Å². The number of hydrogen-bond donors (Lipinski definition) is 1. The highest BCUT2D eigenvalue weighted by atomic mass is 16.5. The second-order valence-electron chi connectivity index (χ2n) is 8.45. The summed E-state index contributed by atoms with van der Waals surface area (Å²) in [4.78, 5) is 21.4. The first kappa shape index (κ1) is 26.1.